The molecule has 0 atom stereocenters. The van der Waals surface area contributed by atoms with Crippen molar-refractivity contribution >= 4 is 102 Å². The van der Waals surface area contributed by atoms with Crippen LogP contribution in [0.25, 0.3) is 90.1 Å². The standard InChI is InChI=1S/C54H34N2S2/c1-2-12-37(13-3-1)56-49-21-7-4-14-43(49)44-33-32-40(34-50(44)56)55(38-28-24-35(25-29-38)41-17-10-19-47-45-15-5-8-22-51(45)57-53(41)47)39-30-26-36(27-31-39)42-18-11-20-48-46-16-6-9-23-52(46)58-54(42)48/h1-34H. The molecular formula is C54H34N2S2. The first-order valence-electron chi connectivity index (χ1n) is 19.7. The maximum absolute atomic E-state index is 2.40. The fraction of sp³-hybridized carbons (Fsp3) is 0. The normalized spacial score (nSPS) is 11.8. The van der Waals surface area contributed by atoms with E-state index in [-0.39, 0.29) is 0 Å². The molecule has 4 heteroatoms. The number of hydrogen-bond acceptors (Lipinski definition) is 3. The summed E-state index contributed by atoms with van der Waals surface area (Å²) < 4.78 is 7.70. The second-order valence-electron chi connectivity index (χ2n) is 14.9. The number of para-hydroxylation sites is 2. The predicted octanol–water partition coefficient (Wildman–Crippen LogP) is 16.3. The maximum atomic E-state index is 2.40. The fourth-order valence-electron chi connectivity index (χ4n) is 8.93. The van der Waals surface area contributed by atoms with Crippen molar-refractivity contribution in [1.29, 1.82) is 0 Å². The summed E-state index contributed by atoms with van der Waals surface area (Å²) in [7, 11) is 0. The molecule has 0 spiro atoms. The number of rotatable bonds is 6. The smallest absolute Gasteiger partial charge is 0.0561 e. The minimum absolute atomic E-state index is 1.10. The van der Waals surface area contributed by atoms with Gasteiger partial charge in [0.1, 0.15) is 0 Å². The lowest BCUT2D eigenvalue weighted by Gasteiger charge is -2.26. The van der Waals surface area contributed by atoms with Gasteiger partial charge in [0.15, 0.2) is 0 Å². The largest absolute Gasteiger partial charge is 0.310 e. The molecule has 9 aromatic carbocycles. The van der Waals surface area contributed by atoms with E-state index in [9.17, 15) is 0 Å². The maximum Gasteiger partial charge on any atom is 0.0561 e. The summed E-state index contributed by atoms with van der Waals surface area (Å²) in [6, 6.07) is 75.6. The molecule has 0 fully saturated rings. The van der Waals surface area contributed by atoms with Crippen LogP contribution in [0.15, 0.2) is 206 Å². The van der Waals surface area contributed by atoms with E-state index in [0.29, 0.717) is 0 Å². The lowest BCUT2D eigenvalue weighted by Crippen LogP contribution is -2.10. The van der Waals surface area contributed by atoms with Crippen LogP contribution in [0.4, 0.5) is 17.1 Å². The SMILES string of the molecule is c1ccc(-n2c3ccccc3c3ccc(N(c4ccc(-c5cccc6c5sc5ccccc56)cc4)c4ccc(-c5cccc6c5sc5ccccc56)cc4)cc32)cc1. The van der Waals surface area contributed by atoms with Crippen LogP contribution in [-0.2, 0) is 0 Å². The van der Waals surface area contributed by atoms with Crippen LogP contribution in [0.5, 0.6) is 0 Å². The van der Waals surface area contributed by atoms with E-state index in [1.807, 2.05) is 22.7 Å². The molecule has 12 rings (SSSR count). The molecule has 3 aromatic heterocycles. The van der Waals surface area contributed by atoms with Crippen molar-refractivity contribution in [1.82, 2.24) is 4.57 Å². The van der Waals surface area contributed by atoms with Crippen molar-refractivity contribution in [2.24, 2.45) is 0 Å². The second kappa shape index (κ2) is 13.3. The van der Waals surface area contributed by atoms with Gasteiger partial charge in [-0.2, -0.15) is 0 Å². The van der Waals surface area contributed by atoms with Gasteiger partial charge in [-0.25, -0.2) is 0 Å². The molecule has 272 valence electrons. The van der Waals surface area contributed by atoms with Crippen LogP contribution in [-0.4, -0.2) is 4.57 Å². The third-order valence-corrected chi connectivity index (χ3v) is 14.1. The molecule has 12 aromatic rings. The quantitative estimate of drug-likeness (QED) is 0.163. The average molecular weight is 775 g/mol. The summed E-state index contributed by atoms with van der Waals surface area (Å²) in [6.45, 7) is 0. The minimum atomic E-state index is 1.10. The summed E-state index contributed by atoms with van der Waals surface area (Å²) in [5.41, 5.74) is 11.8. The van der Waals surface area contributed by atoms with Crippen molar-refractivity contribution in [2.75, 3.05) is 4.90 Å². The van der Waals surface area contributed by atoms with Gasteiger partial charge in [-0.3, -0.25) is 0 Å². The molecule has 2 nitrogen and oxygen atoms in total. The molecule has 58 heavy (non-hydrogen) atoms. The molecule has 0 saturated heterocycles. The van der Waals surface area contributed by atoms with Crippen molar-refractivity contribution in [3.63, 3.8) is 0 Å². The number of fused-ring (bicyclic) bond motifs is 9. The molecule has 0 unspecified atom stereocenters. The average Bonchev–Trinajstić information content (AvgIpc) is 3.97. The van der Waals surface area contributed by atoms with E-state index in [4.69, 9.17) is 0 Å². The van der Waals surface area contributed by atoms with Crippen LogP contribution in [0, 0.1) is 0 Å². The molecule has 0 saturated carbocycles. The molecule has 0 radical (unpaired) electrons. The Kier molecular flexibility index (Phi) is 7.62. The lowest BCUT2D eigenvalue weighted by atomic mass is 10.0. The monoisotopic (exact) mass is 774 g/mol. The molecule has 3 heterocycles. The summed E-state index contributed by atoms with van der Waals surface area (Å²) in [5, 5.41) is 7.76. The summed E-state index contributed by atoms with van der Waals surface area (Å²) in [4.78, 5) is 2.40. The molecule has 0 bridgehead atoms. The number of nitrogens with zero attached hydrogens (tertiary/aromatic N) is 2. The van der Waals surface area contributed by atoms with Gasteiger partial charge in [0.25, 0.3) is 0 Å². The Morgan fingerprint density at radius 1 is 0.328 bits per heavy atom. The molecule has 0 N–H and O–H groups in total. The van der Waals surface area contributed by atoms with Gasteiger partial charge in [0, 0.05) is 73.9 Å². The van der Waals surface area contributed by atoms with Crippen LogP contribution in [0.3, 0.4) is 0 Å². The summed E-state index contributed by atoms with van der Waals surface area (Å²) in [5.74, 6) is 0. The van der Waals surface area contributed by atoms with E-state index in [1.165, 1.54) is 84.4 Å². The first kappa shape index (κ1) is 33.2. The topological polar surface area (TPSA) is 8.17 Å². The third kappa shape index (κ3) is 5.23. The minimum Gasteiger partial charge on any atom is -0.310 e. The van der Waals surface area contributed by atoms with Crippen LogP contribution >= 0.6 is 22.7 Å². The van der Waals surface area contributed by atoms with Crippen LogP contribution in [0.2, 0.25) is 0 Å². The predicted molar refractivity (Wildman–Crippen MR) is 252 cm³/mol. The number of anilines is 3. The molecule has 0 aliphatic rings. The van der Waals surface area contributed by atoms with Gasteiger partial charge < -0.3 is 9.47 Å². The van der Waals surface area contributed by atoms with Crippen molar-refractivity contribution in [2.45, 2.75) is 0 Å². The van der Waals surface area contributed by atoms with E-state index in [0.717, 1.165) is 22.7 Å². The van der Waals surface area contributed by atoms with Crippen LogP contribution in [0.1, 0.15) is 0 Å². The number of thiophene rings is 2. The highest BCUT2D eigenvalue weighted by Crippen LogP contribution is 2.44. The van der Waals surface area contributed by atoms with Crippen molar-refractivity contribution < 1.29 is 0 Å². The van der Waals surface area contributed by atoms with Gasteiger partial charge in [-0.1, -0.05) is 140 Å². The molecule has 0 amide bonds. The van der Waals surface area contributed by atoms with E-state index < -0.39 is 0 Å². The number of aromatic nitrogens is 1. The Morgan fingerprint density at radius 3 is 1.38 bits per heavy atom. The first-order valence-corrected chi connectivity index (χ1v) is 21.3. The lowest BCUT2D eigenvalue weighted by molar-refractivity contribution is 1.18. The molecule has 0 aliphatic carbocycles. The zero-order chi connectivity index (χ0) is 38.2. The fourth-order valence-corrected chi connectivity index (χ4v) is 11.4. The zero-order valence-electron chi connectivity index (χ0n) is 31.3. The van der Waals surface area contributed by atoms with E-state index in [2.05, 4.69) is 216 Å². The number of benzene rings is 9. The Bertz CT molecular complexity index is 3340. The Labute approximate surface area is 343 Å². The highest BCUT2D eigenvalue weighted by Gasteiger charge is 2.19. The van der Waals surface area contributed by atoms with E-state index >= 15 is 0 Å². The third-order valence-electron chi connectivity index (χ3n) is 11.6. The van der Waals surface area contributed by atoms with Crippen LogP contribution < -0.4 is 4.90 Å². The number of hydrogen-bond donors (Lipinski definition) is 0. The Hall–Kier alpha value is -6.98. The summed E-state index contributed by atoms with van der Waals surface area (Å²) >= 11 is 3.76. The van der Waals surface area contributed by atoms with Crippen molar-refractivity contribution in [3.05, 3.63) is 206 Å². The van der Waals surface area contributed by atoms with Crippen molar-refractivity contribution in [3.8, 4) is 27.9 Å². The van der Waals surface area contributed by atoms with E-state index in [1.54, 1.807) is 0 Å². The van der Waals surface area contributed by atoms with Gasteiger partial charge in [0.2, 0.25) is 0 Å². The molecular weight excluding hydrogens is 741 g/mol. The van der Waals surface area contributed by atoms with Gasteiger partial charge in [0.05, 0.1) is 11.0 Å². The Morgan fingerprint density at radius 2 is 0.793 bits per heavy atom. The Balaban J connectivity index is 1.02. The van der Waals surface area contributed by atoms with Gasteiger partial charge in [-0.15, -0.1) is 22.7 Å². The summed E-state index contributed by atoms with van der Waals surface area (Å²) in [6.07, 6.45) is 0. The van der Waals surface area contributed by atoms with Gasteiger partial charge >= 0.3 is 0 Å². The van der Waals surface area contributed by atoms with Gasteiger partial charge in [-0.05, 0) is 89.0 Å². The molecule has 0 aliphatic heterocycles. The highest BCUT2D eigenvalue weighted by molar-refractivity contribution is 7.26. The highest BCUT2D eigenvalue weighted by atomic mass is 32.1. The second-order valence-corrected chi connectivity index (χ2v) is 17.0. The zero-order valence-corrected chi connectivity index (χ0v) is 33.0. The first-order chi connectivity index (χ1) is 28.8.